The Morgan fingerprint density at radius 1 is 1.46 bits per heavy atom. The SMILES string of the molecule is CCC(=O)N(c1nnc(S[C@@H](C)C(=O)Nc2ccc(C#N)c(Cl)c2)s1)C1CC1. The van der Waals surface area contributed by atoms with Crippen molar-refractivity contribution in [3.63, 3.8) is 0 Å². The first-order valence-corrected chi connectivity index (χ1v) is 10.8. The van der Waals surface area contributed by atoms with Crippen LogP contribution in [0.1, 0.15) is 38.7 Å². The molecule has 1 fully saturated rings. The number of anilines is 2. The van der Waals surface area contributed by atoms with Gasteiger partial charge in [0, 0.05) is 18.2 Å². The van der Waals surface area contributed by atoms with E-state index >= 15 is 0 Å². The van der Waals surface area contributed by atoms with Crippen molar-refractivity contribution in [2.24, 2.45) is 0 Å². The molecule has 28 heavy (non-hydrogen) atoms. The van der Waals surface area contributed by atoms with Crippen molar-refractivity contribution in [2.45, 2.75) is 48.7 Å². The Labute approximate surface area is 176 Å². The minimum Gasteiger partial charge on any atom is -0.325 e. The van der Waals surface area contributed by atoms with Crippen LogP contribution in [0.3, 0.4) is 0 Å². The van der Waals surface area contributed by atoms with E-state index in [1.54, 1.807) is 30.0 Å². The van der Waals surface area contributed by atoms with Crippen LogP contribution in [0.2, 0.25) is 5.02 Å². The van der Waals surface area contributed by atoms with Gasteiger partial charge in [-0.25, -0.2) is 0 Å². The molecule has 2 aromatic rings. The second-order valence-corrected chi connectivity index (χ2v) is 9.21. The quantitative estimate of drug-likeness (QED) is 0.519. The number of hydrogen-bond donors (Lipinski definition) is 1. The van der Waals surface area contributed by atoms with E-state index in [-0.39, 0.29) is 22.9 Å². The number of aromatic nitrogens is 2. The summed E-state index contributed by atoms with van der Waals surface area (Å²) in [7, 11) is 0. The lowest BCUT2D eigenvalue weighted by atomic mass is 10.2. The van der Waals surface area contributed by atoms with Crippen LogP contribution in [0, 0.1) is 11.3 Å². The Kier molecular flexibility index (Phi) is 6.54. The van der Waals surface area contributed by atoms with Gasteiger partial charge in [0.2, 0.25) is 16.9 Å². The van der Waals surface area contributed by atoms with E-state index in [4.69, 9.17) is 16.9 Å². The van der Waals surface area contributed by atoms with Crippen molar-refractivity contribution in [1.82, 2.24) is 10.2 Å². The molecule has 0 unspecified atom stereocenters. The summed E-state index contributed by atoms with van der Waals surface area (Å²) >= 11 is 8.60. The highest BCUT2D eigenvalue weighted by Gasteiger charge is 2.35. The number of thioether (sulfide) groups is 1. The lowest BCUT2D eigenvalue weighted by Crippen LogP contribution is -2.32. The van der Waals surface area contributed by atoms with Gasteiger partial charge in [-0.3, -0.25) is 14.5 Å². The van der Waals surface area contributed by atoms with Crippen LogP contribution in [0.15, 0.2) is 22.5 Å². The van der Waals surface area contributed by atoms with E-state index in [0.29, 0.717) is 27.1 Å². The average molecular weight is 436 g/mol. The van der Waals surface area contributed by atoms with Gasteiger partial charge in [0.15, 0.2) is 4.34 Å². The van der Waals surface area contributed by atoms with Crippen molar-refractivity contribution in [3.05, 3.63) is 28.8 Å². The van der Waals surface area contributed by atoms with Gasteiger partial charge < -0.3 is 5.32 Å². The molecule has 2 amide bonds. The largest absolute Gasteiger partial charge is 0.325 e. The summed E-state index contributed by atoms with van der Waals surface area (Å²) in [6, 6.07) is 6.93. The molecule has 1 aromatic heterocycles. The summed E-state index contributed by atoms with van der Waals surface area (Å²) in [5.41, 5.74) is 0.873. The van der Waals surface area contributed by atoms with Crippen LogP contribution in [-0.4, -0.2) is 33.3 Å². The fourth-order valence-electron chi connectivity index (χ4n) is 2.45. The first kappa shape index (κ1) is 20.6. The molecule has 1 aromatic carbocycles. The van der Waals surface area contributed by atoms with Crippen LogP contribution >= 0.6 is 34.7 Å². The van der Waals surface area contributed by atoms with Crippen molar-refractivity contribution < 1.29 is 9.59 Å². The van der Waals surface area contributed by atoms with Crippen molar-refractivity contribution in [2.75, 3.05) is 10.2 Å². The number of carbonyl (C=O) groups is 2. The van der Waals surface area contributed by atoms with E-state index in [1.807, 2.05) is 13.0 Å². The lowest BCUT2D eigenvalue weighted by Gasteiger charge is -2.17. The first-order valence-electron chi connectivity index (χ1n) is 8.75. The fourth-order valence-corrected chi connectivity index (χ4v) is 4.75. The number of benzene rings is 1. The monoisotopic (exact) mass is 435 g/mol. The maximum absolute atomic E-state index is 12.4. The average Bonchev–Trinajstić information content (AvgIpc) is 3.40. The standard InChI is InChI=1S/C18H18ClN5O2S2/c1-3-15(25)24(13-6-7-13)17-22-23-18(28-17)27-10(2)16(26)21-12-5-4-11(9-20)14(19)8-12/h4-5,8,10,13H,3,6-7H2,1-2H3,(H,21,26)/t10-/m0/s1. The van der Waals surface area contributed by atoms with Crippen LogP contribution in [-0.2, 0) is 9.59 Å². The molecule has 3 rings (SSSR count). The van der Waals surface area contributed by atoms with Crippen LogP contribution in [0.5, 0.6) is 0 Å². The zero-order valence-electron chi connectivity index (χ0n) is 15.3. The number of halogens is 1. The van der Waals surface area contributed by atoms with Gasteiger partial charge in [0.05, 0.1) is 15.8 Å². The summed E-state index contributed by atoms with van der Waals surface area (Å²) in [6.45, 7) is 3.60. The zero-order chi connectivity index (χ0) is 20.3. The third-order valence-electron chi connectivity index (χ3n) is 4.09. The molecule has 0 saturated heterocycles. The van der Waals surface area contributed by atoms with Crippen LogP contribution < -0.4 is 10.2 Å². The number of nitrogens with zero attached hydrogens (tertiary/aromatic N) is 4. The highest BCUT2D eigenvalue weighted by molar-refractivity contribution is 8.02. The van der Waals surface area contributed by atoms with Crippen molar-refractivity contribution in [1.29, 1.82) is 5.26 Å². The maximum Gasteiger partial charge on any atom is 0.237 e. The molecule has 1 aliphatic carbocycles. The van der Waals surface area contributed by atoms with Gasteiger partial charge >= 0.3 is 0 Å². The molecule has 1 aliphatic rings. The van der Waals surface area contributed by atoms with Crippen LogP contribution in [0.4, 0.5) is 10.8 Å². The molecule has 0 radical (unpaired) electrons. The molecule has 0 bridgehead atoms. The first-order chi connectivity index (χ1) is 13.4. The number of carbonyl (C=O) groups excluding carboxylic acids is 2. The maximum atomic E-state index is 12.4. The number of nitrogens with one attached hydrogen (secondary N) is 1. The van der Waals surface area contributed by atoms with E-state index in [1.165, 1.54) is 23.1 Å². The summed E-state index contributed by atoms with van der Waals surface area (Å²) in [5.74, 6) is -0.176. The molecule has 1 heterocycles. The van der Waals surface area contributed by atoms with Gasteiger partial charge in [-0.1, -0.05) is 41.6 Å². The van der Waals surface area contributed by atoms with E-state index < -0.39 is 5.25 Å². The fraction of sp³-hybridized carbons (Fsp3) is 0.389. The Hall–Kier alpha value is -2.15. The smallest absolute Gasteiger partial charge is 0.237 e. The topological polar surface area (TPSA) is 99.0 Å². The van der Waals surface area contributed by atoms with Gasteiger partial charge in [-0.2, -0.15) is 5.26 Å². The Morgan fingerprint density at radius 2 is 2.21 bits per heavy atom. The van der Waals surface area contributed by atoms with Gasteiger partial charge in [0.25, 0.3) is 0 Å². The van der Waals surface area contributed by atoms with Crippen molar-refractivity contribution >= 4 is 57.3 Å². The normalized spacial score (nSPS) is 14.2. The number of nitriles is 1. The van der Waals surface area contributed by atoms with Gasteiger partial charge in [-0.15, -0.1) is 10.2 Å². The third kappa shape index (κ3) is 4.82. The minimum absolute atomic E-state index is 0.0405. The molecule has 0 spiro atoms. The molecular weight excluding hydrogens is 418 g/mol. The highest BCUT2D eigenvalue weighted by Crippen LogP contribution is 2.37. The van der Waals surface area contributed by atoms with Crippen molar-refractivity contribution in [3.8, 4) is 6.07 Å². The summed E-state index contributed by atoms with van der Waals surface area (Å²) in [6.07, 6.45) is 2.39. The lowest BCUT2D eigenvalue weighted by molar-refractivity contribution is -0.118. The molecule has 10 heteroatoms. The minimum atomic E-state index is -0.425. The molecule has 146 valence electrons. The predicted octanol–water partition coefficient (Wildman–Crippen LogP) is 4.09. The Bertz CT molecular complexity index is 938. The molecule has 1 saturated carbocycles. The summed E-state index contributed by atoms with van der Waals surface area (Å²) in [5, 5.41) is 20.4. The van der Waals surface area contributed by atoms with Gasteiger partial charge in [0.1, 0.15) is 6.07 Å². The Morgan fingerprint density at radius 3 is 2.82 bits per heavy atom. The third-order valence-corrected chi connectivity index (χ3v) is 6.51. The molecule has 1 N–H and O–H groups in total. The molecule has 1 atom stereocenters. The van der Waals surface area contributed by atoms with E-state index in [9.17, 15) is 9.59 Å². The number of amides is 2. The predicted molar refractivity (Wildman–Crippen MR) is 111 cm³/mol. The molecular formula is C18H18ClN5O2S2. The van der Waals surface area contributed by atoms with Gasteiger partial charge in [-0.05, 0) is 38.0 Å². The molecule has 7 nitrogen and oxygen atoms in total. The number of hydrogen-bond acceptors (Lipinski definition) is 7. The zero-order valence-corrected chi connectivity index (χ0v) is 17.7. The van der Waals surface area contributed by atoms with E-state index in [2.05, 4.69) is 15.5 Å². The highest BCUT2D eigenvalue weighted by atomic mass is 35.5. The summed E-state index contributed by atoms with van der Waals surface area (Å²) in [4.78, 5) is 26.3. The second-order valence-electron chi connectivity index (χ2n) is 6.25. The molecule has 0 aliphatic heterocycles. The Balaban J connectivity index is 1.63. The van der Waals surface area contributed by atoms with Crippen LogP contribution in [0.25, 0.3) is 0 Å². The van der Waals surface area contributed by atoms with E-state index in [0.717, 1.165) is 12.8 Å². The number of rotatable bonds is 7. The summed E-state index contributed by atoms with van der Waals surface area (Å²) < 4.78 is 0.630. The second kappa shape index (κ2) is 8.90.